The van der Waals surface area contributed by atoms with Gasteiger partial charge in [-0.1, -0.05) is 26.0 Å². The lowest BCUT2D eigenvalue weighted by atomic mass is 10.0. The van der Waals surface area contributed by atoms with Crippen LogP contribution in [0.15, 0.2) is 36.7 Å². The van der Waals surface area contributed by atoms with Crippen LogP contribution >= 0.6 is 0 Å². The fourth-order valence-corrected chi connectivity index (χ4v) is 1.94. The Hall–Kier alpha value is -1.74. The lowest BCUT2D eigenvalue weighted by Crippen LogP contribution is -2.22. The van der Waals surface area contributed by atoms with E-state index in [1.807, 2.05) is 39.0 Å². The minimum absolute atomic E-state index is 0.172. The van der Waals surface area contributed by atoms with E-state index in [9.17, 15) is 4.39 Å². The zero-order valence-corrected chi connectivity index (χ0v) is 11.6. The average molecular weight is 258 g/mol. The maximum absolute atomic E-state index is 14.1. The van der Waals surface area contributed by atoms with Gasteiger partial charge in [-0.2, -0.15) is 0 Å². The minimum Gasteiger partial charge on any atom is -0.310 e. The van der Waals surface area contributed by atoms with E-state index in [0.717, 1.165) is 16.7 Å². The van der Waals surface area contributed by atoms with E-state index in [0.29, 0.717) is 18.2 Å². The monoisotopic (exact) mass is 258 g/mol. The van der Waals surface area contributed by atoms with Crippen LogP contribution in [-0.4, -0.2) is 11.0 Å². The second kappa shape index (κ2) is 5.93. The molecule has 1 heterocycles. The van der Waals surface area contributed by atoms with Crippen LogP contribution in [0.4, 0.5) is 4.39 Å². The van der Waals surface area contributed by atoms with E-state index in [1.54, 1.807) is 18.5 Å². The molecule has 0 saturated carbocycles. The van der Waals surface area contributed by atoms with Gasteiger partial charge in [0.15, 0.2) is 0 Å². The van der Waals surface area contributed by atoms with Gasteiger partial charge in [-0.15, -0.1) is 0 Å². The van der Waals surface area contributed by atoms with Crippen LogP contribution < -0.4 is 5.32 Å². The van der Waals surface area contributed by atoms with Crippen molar-refractivity contribution in [2.45, 2.75) is 33.4 Å². The third kappa shape index (κ3) is 3.38. The summed E-state index contributed by atoms with van der Waals surface area (Å²) in [5, 5.41) is 3.22. The first-order valence-corrected chi connectivity index (χ1v) is 6.50. The SMILES string of the molecule is Cc1ccncc1-c1ccc(CNC(C)C)c(F)c1. The van der Waals surface area contributed by atoms with Crippen molar-refractivity contribution in [3.63, 3.8) is 0 Å². The van der Waals surface area contributed by atoms with Crippen molar-refractivity contribution in [2.75, 3.05) is 0 Å². The van der Waals surface area contributed by atoms with E-state index < -0.39 is 0 Å². The number of halogens is 1. The summed E-state index contributed by atoms with van der Waals surface area (Å²) in [5.74, 6) is -0.172. The van der Waals surface area contributed by atoms with Crippen LogP contribution in [0, 0.1) is 12.7 Å². The van der Waals surface area contributed by atoms with Crippen LogP contribution in [-0.2, 0) is 6.54 Å². The van der Waals surface area contributed by atoms with Gasteiger partial charge in [-0.3, -0.25) is 4.98 Å². The zero-order chi connectivity index (χ0) is 13.8. The topological polar surface area (TPSA) is 24.9 Å². The van der Waals surface area contributed by atoms with Gasteiger partial charge in [0.2, 0.25) is 0 Å². The number of rotatable bonds is 4. The van der Waals surface area contributed by atoms with Gasteiger partial charge in [0.1, 0.15) is 5.82 Å². The van der Waals surface area contributed by atoms with Crippen molar-refractivity contribution >= 4 is 0 Å². The summed E-state index contributed by atoms with van der Waals surface area (Å²) in [4.78, 5) is 4.10. The molecular weight excluding hydrogens is 239 g/mol. The fourth-order valence-electron chi connectivity index (χ4n) is 1.94. The summed E-state index contributed by atoms with van der Waals surface area (Å²) in [6, 6.07) is 7.65. The van der Waals surface area contributed by atoms with E-state index in [-0.39, 0.29) is 5.82 Å². The van der Waals surface area contributed by atoms with E-state index in [1.165, 1.54) is 0 Å². The largest absolute Gasteiger partial charge is 0.310 e. The number of nitrogens with one attached hydrogen (secondary N) is 1. The van der Waals surface area contributed by atoms with Gasteiger partial charge in [0.05, 0.1) is 0 Å². The molecule has 0 amide bonds. The number of benzene rings is 1. The molecule has 1 aromatic heterocycles. The summed E-state index contributed by atoms with van der Waals surface area (Å²) in [6.07, 6.45) is 3.52. The van der Waals surface area contributed by atoms with Gasteiger partial charge in [-0.05, 0) is 30.2 Å². The highest BCUT2D eigenvalue weighted by Gasteiger charge is 2.07. The quantitative estimate of drug-likeness (QED) is 0.904. The van der Waals surface area contributed by atoms with Crippen LogP contribution in [0.5, 0.6) is 0 Å². The highest BCUT2D eigenvalue weighted by molar-refractivity contribution is 5.66. The molecule has 1 aromatic carbocycles. The zero-order valence-electron chi connectivity index (χ0n) is 11.6. The molecule has 0 aliphatic heterocycles. The fraction of sp³-hybridized carbons (Fsp3) is 0.312. The van der Waals surface area contributed by atoms with Crippen LogP contribution in [0.2, 0.25) is 0 Å². The highest BCUT2D eigenvalue weighted by Crippen LogP contribution is 2.24. The highest BCUT2D eigenvalue weighted by atomic mass is 19.1. The standard InChI is InChI=1S/C16H19FN2/c1-11(2)19-9-14-5-4-13(8-16(14)17)15-10-18-7-6-12(15)3/h4-8,10-11,19H,9H2,1-3H3. The van der Waals surface area contributed by atoms with Crippen molar-refractivity contribution in [2.24, 2.45) is 0 Å². The lowest BCUT2D eigenvalue weighted by molar-refractivity contribution is 0.553. The number of pyridine rings is 1. The molecule has 1 N–H and O–H groups in total. The molecule has 100 valence electrons. The third-order valence-corrected chi connectivity index (χ3v) is 3.10. The van der Waals surface area contributed by atoms with E-state index in [4.69, 9.17) is 0 Å². The Balaban J connectivity index is 2.26. The van der Waals surface area contributed by atoms with Gasteiger partial charge < -0.3 is 5.32 Å². The Labute approximate surface area is 113 Å². The Morgan fingerprint density at radius 3 is 2.68 bits per heavy atom. The lowest BCUT2D eigenvalue weighted by Gasteiger charge is -2.11. The minimum atomic E-state index is -0.172. The van der Waals surface area contributed by atoms with Crippen molar-refractivity contribution in [1.29, 1.82) is 0 Å². The average Bonchev–Trinajstić information content (AvgIpc) is 2.37. The molecule has 0 spiro atoms. The number of aryl methyl sites for hydroxylation is 1. The molecule has 0 atom stereocenters. The number of hydrogen-bond donors (Lipinski definition) is 1. The maximum atomic E-state index is 14.1. The molecule has 2 aromatic rings. The van der Waals surface area contributed by atoms with E-state index >= 15 is 0 Å². The molecule has 0 radical (unpaired) electrons. The number of nitrogens with zero attached hydrogens (tertiary/aromatic N) is 1. The molecule has 0 aliphatic carbocycles. The summed E-state index contributed by atoms with van der Waals surface area (Å²) < 4.78 is 14.1. The normalized spacial score (nSPS) is 11.0. The summed E-state index contributed by atoms with van der Waals surface area (Å²) in [5.41, 5.74) is 3.64. The van der Waals surface area contributed by atoms with Crippen LogP contribution in [0.1, 0.15) is 25.0 Å². The first-order valence-electron chi connectivity index (χ1n) is 6.50. The predicted molar refractivity (Wildman–Crippen MR) is 76.3 cm³/mol. The molecule has 3 heteroatoms. The third-order valence-electron chi connectivity index (χ3n) is 3.10. The molecule has 19 heavy (non-hydrogen) atoms. The molecule has 0 bridgehead atoms. The summed E-state index contributed by atoms with van der Waals surface area (Å²) in [7, 11) is 0. The molecular formula is C16H19FN2. The first-order chi connectivity index (χ1) is 9.08. The number of aromatic nitrogens is 1. The Bertz CT molecular complexity index is 564. The van der Waals surface area contributed by atoms with Crippen molar-refractivity contribution in [3.05, 3.63) is 53.6 Å². The maximum Gasteiger partial charge on any atom is 0.128 e. The first kappa shape index (κ1) is 13.7. The second-order valence-corrected chi connectivity index (χ2v) is 5.03. The van der Waals surface area contributed by atoms with E-state index in [2.05, 4.69) is 10.3 Å². The summed E-state index contributed by atoms with van der Waals surface area (Å²) in [6.45, 7) is 6.65. The van der Waals surface area contributed by atoms with Gasteiger partial charge in [-0.25, -0.2) is 4.39 Å². The molecule has 0 unspecified atom stereocenters. The Kier molecular flexibility index (Phi) is 4.27. The second-order valence-electron chi connectivity index (χ2n) is 5.03. The van der Waals surface area contributed by atoms with Crippen LogP contribution in [0.25, 0.3) is 11.1 Å². The Morgan fingerprint density at radius 1 is 1.26 bits per heavy atom. The van der Waals surface area contributed by atoms with Crippen molar-refractivity contribution < 1.29 is 4.39 Å². The predicted octanol–water partition coefficient (Wildman–Crippen LogP) is 3.69. The molecule has 2 rings (SSSR count). The Morgan fingerprint density at radius 2 is 2.05 bits per heavy atom. The number of hydrogen-bond acceptors (Lipinski definition) is 2. The molecule has 0 fully saturated rings. The molecule has 0 saturated heterocycles. The molecule has 0 aliphatic rings. The smallest absolute Gasteiger partial charge is 0.128 e. The molecule has 2 nitrogen and oxygen atoms in total. The van der Waals surface area contributed by atoms with Crippen LogP contribution in [0.3, 0.4) is 0 Å². The van der Waals surface area contributed by atoms with Crippen molar-refractivity contribution in [1.82, 2.24) is 10.3 Å². The van der Waals surface area contributed by atoms with Crippen molar-refractivity contribution in [3.8, 4) is 11.1 Å². The summed E-state index contributed by atoms with van der Waals surface area (Å²) >= 11 is 0. The van der Waals surface area contributed by atoms with Gasteiger partial charge >= 0.3 is 0 Å². The van der Waals surface area contributed by atoms with Gasteiger partial charge in [0.25, 0.3) is 0 Å². The van der Waals surface area contributed by atoms with Gasteiger partial charge in [0, 0.05) is 36.1 Å².